The SMILES string of the molecule is CN(C)CCn1nnc(C(N)=S)c1CC1CC1. The Morgan fingerprint density at radius 1 is 1.53 bits per heavy atom. The number of likely N-dealkylation sites (N-methyl/N-ethyl adjacent to an activating group) is 1. The number of nitrogens with zero attached hydrogens (tertiary/aromatic N) is 4. The fourth-order valence-electron chi connectivity index (χ4n) is 1.80. The summed E-state index contributed by atoms with van der Waals surface area (Å²) in [6.07, 6.45) is 3.61. The van der Waals surface area contributed by atoms with E-state index in [2.05, 4.69) is 15.2 Å². The summed E-state index contributed by atoms with van der Waals surface area (Å²) in [5.41, 5.74) is 7.51. The summed E-state index contributed by atoms with van der Waals surface area (Å²) in [6.45, 7) is 1.78. The van der Waals surface area contributed by atoms with Crippen LogP contribution in [0.2, 0.25) is 0 Å². The van der Waals surface area contributed by atoms with Crippen LogP contribution in [0.3, 0.4) is 0 Å². The van der Waals surface area contributed by atoms with Crippen molar-refractivity contribution in [1.82, 2.24) is 19.9 Å². The van der Waals surface area contributed by atoms with E-state index in [-0.39, 0.29) is 0 Å². The van der Waals surface area contributed by atoms with Gasteiger partial charge in [-0.25, -0.2) is 4.68 Å². The lowest BCUT2D eigenvalue weighted by molar-refractivity contribution is 0.366. The molecule has 0 aromatic carbocycles. The number of aromatic nitrogens is 3. The Morgan fingerprint density at radius 3 is 2.76 bits per heavy atom. The minimum absolute atomic E-state index is 0.358. The van der Waals surface area contributed by atoms with Gasteiger partial charge in [0, 0.05) is 6.54 Å². The van der Waals surface area contributed by atoms with Crippen LogP contribution in [0.25, 0.3) is 0 Å². The second-order valence-electron chi connectivity index (χ2n) is 4.92. The molecule has 17 heavy (non-hydrogen) atoms. The first-order chi connectivity index (χ1) is 8.08. The Hall–Kier alpha value is -1.01. The molecule has 6 heteroatoms. The van der Waals surface area contributed by atoms with Gasteiger partial charge in [-0.05, 0) is 39.3 Å². The second-order valence-corrected chi connectivity index (χ2v) is 5.36. The molecule has 0 amide bonds. The topological polar surface area (TPSA) is 60.0 Å². The third-order valence-corrected chi connectivity index (χ3v) is 3.20. The standard InChI is InChI=1S/C11H19N5S/c1-15(2)5-6-16-9(7-8-3-4-8)10(11(12)17)13-14-16/h8H,3-7H2,1-2H3,(H2,12,17). The molecule has 0 saturated heterocycles. The van der Waals surface area contributed by atoms with Crippen LogP contribution < -0.4 is 5.73 Å². The zero-order valence-electron chi connectivity index (χ0n) is 10.4. The van der Waals surface area contributed by atoms with Gasteiger partial charge in [0.15, 0.2) is 0 Å². The van der Waals surface area contributed by atoms with Crippen molar-refractivity contribution < 1.29 is 0 Å². The van der Waals surface area contributed by atoms with Crippen molar-refractivity contribution >= 4 is 17.2 Å². The maximum Gasteiger partial charge on any atom is 0.143 e. The summed E-state index contributed by atoms with van der Waals surface area (Å²) in [5.74, 6) is 0.778. The maximum atomic E-state index is 5.69. The van der Waals surface area contributed by atoms with Crippen LogP contribution in [0.1, 0.15) is 24.2 Å². The average Bonchev–Trinajstić information content (AvgIpc) is 2.95. The highest BCUT2D eigenvalue weighted by atomic mass is 32.1. The van der Waals surface area contributed by atoms with Crippen LogP contribution in [-0.4, -0.2) is 45.5 Å². The molecule has 0 bridgehead atoms. The monoisotopic (exact) mass is 253 g/mol. The van der Waals surface area contributed by atoms with Gasteiger partial charge < -0.3 is 10.6 Å². The van der Waals surface area contributed by atoms with Crippen LogP contribution in [0.15, 0.2) is 0 Å². The molecule has 0 unspecified atom stereocenters. The van der Waals surface area contributed by atoms with E-state index in [4.69, 9.17) is 18.0 Å². The van der Waals surface area contributed by atoms with Gasteiger partial charge in [-0.3, -0.25) is 0 Å². The third kappa shape index (κ3) is 3.23. The smallest absolute Gasteiger partial charge is 0.143 e. The first-order valence-corrected chi connectivity index (χ1v) is 6.35. The van der Waals surface area contributed by atoms with Gasteiger partial charge in [0.05, 0.1) is 12.2 Å². The Morgan fingerprint density at radius 2 is 2.24 bits per heavy atom. The zero-order chi connectivity index (χ0) is 12.4. The van der Waals surface area contributed by atoms with Crippen molar-refractivity contribution in [2.75, 3.05) is 20.6 Å². The molecular weight excluding hydrogens is 234 g/mol. The van der Waals surface area contributed by atoms with E-state index in [1.54, 1.807) is 0 Å². The van der Waals surface area contributed by atoms with Crippen LogP contribution in [0.5, 0.6) is 0 Å². The Kier molecular flexibility index (Phi) is 3.73. The Bertz CT molecular complexity index is 408. The lowest BCUT2D eigenvalue weighted by atomic mass is 10.2. The molecular formula is C11H19N5S. The number of thiocarbonyl (C=S) groups is 1. The van der Waals surface area contributed by atoms with Crippen molar-refractivity contribution in [2.45, 2.75) is 25.8 Å². The van der Waals surface area contributed by atoms with E-state index >= 15 is 0 Å². The van der Waals surface area contributed by atoms with Gasteiger partial charge in [-0.2, -0.15) is 0 Å². The molecule has 0 aliphatic heterocycles. The fourth-order valence-corrected chi connectivity index (χ4v) is 1.95. The van der Waals surface area contributed by atoms with E-state index < -0.39 is 0 Å². The van der Waals surface area contributed by atoms with Crippen molar-refractivity contribution in [3.63, 3.8) is 0 Å². The van der Waals surface area contributed by atoms with Crippen LogP contribution in [0.4, 0.5) is 0 Å². The quantitative estimate of drug-likeness (QED) is 0.745. The molecule has 1 heterocycles. The highest BCUT2D eigenvalue weighted by Crippen LogP contribution is 2.33. The molecule has 2 N–H and O–H groups in total. The van der Waals surface area contributed by atoms with Crippen molar-refractivity contribution in [3.8, 4) is 0 Å². The lowest BCUT2D eigenvalue weighted by Gasteiger charge is -2.11. The van der Waals surface area contributed by atoms with E-state index in [0.29, 0.717) is 10.7 Å². The summed E-state index contributed by atoms with van der Waals surface area (Å²) in [6, 6.07) is 0. The lowest BCUT2D eigenvalue weighted by Crippen LogP contribution is -2.21. The zero-order valence-corrected chi connectivity index (χ0v) is 11.2. The summed E-state index contributed by atoms with van der Waals surface area (Å²) >= 11 is 5.02. The van der Waals surface area contributed by atoms with E-state index in [1.165, 1.54) is 12.8 Å². The molecule has 0 radical (unpaired) electrons. The summed E-state index contributed by atoms with van der Waals surface area (Å²) in [5, 5.41) is 8.27. The highest BCUT2D eigenvalue weighted by molar-refractivity contribution is 7.80. The summed E-state index contributed by atoms with van der Waals surface area (Å²) < 4.78 is 1.95. The summed E-state index contributed by atoms with van der Waals surface area (Å²) in [4.78, 5) is 2.49. The maximum absolute atomic E-state index is 5.69. The largest absolute Gasteiger partial charge is 0.388 e. The molecule has 0 atom stereocenters. The fraction of sp³-hybridized carbons (Fsp3) is 0.727. The molecule has 1 fully saturated rings. The normalized spacial score (nSPS) is 15.5. The number of hydrogen-bond acceptors (Lipinski definition) is 4. The molecule has 1 aromatic heterocycles. The predicted octanol–water partition coefficient (Wildman–Crippen LogP) is 0.426. The van der Waals surface area contributed by atoms with Gasteiger partial charge in [0.1, 0.15) is 10.7 Å². The molecule has 1 aliphatic carbocycles. The first-order valence-electron chi connectivity index (χ1n) is 5.95. The van der Waals surface area contributed by atoms with Gasteiger partial charge in [-0.1, -0.05) is 17.4 Å². The van der Waals surface area contributed by atoms with Gasteiger partial charge >= 0.3 is 0 Å². The van der Waals surface area contributed by atoms with Crippen LogP contribution in [-0.2, 0) is 13.0 Å². The van der Waals surface area contributed by atoms with Crippen LogP contribution >= 0.6 is 12.2 Å². The highest BCUT2D eigenvalue weighted by Gasteiger charge is 2.26. The molecule has 5 nitrogen and oxygen atoms in total. The molecule has 1 saturated carbocycles. The number of nitrogens with two attached hydrogens (primary N) is 1. The van der Waals surface area contributed by atoms with Gasteiger partial charge in [0.2, 0.25) is 0 Å². The third-order valence-electron chi connectivity index (χ3n) is 3.01. The summed E-state index contributed by atoms with van der Waals surface area (Å²) in [7, 11) is 4.10. The van der Waals surface area contributed by atoms with Gasteiger partial charge in [0.25, 0.3) is 0 Å². The Labute approximate surface area is 107 Å². The molecule has 1 aromatic rings. The van der Waals surface area contributed by atoms with E-state index in [1.807, 2.05) is 18.8 Å². The molecule has 2 rings (SSSR count). The average molecular weight is 253 g/mol. The van der Waals surface area contributed by atoms with Crippen LogP contribution in [0, 0.1) is 5.92 Å². The number of hydrogen-bond donors (Lipinski definition) is 1. The second kappa shape index (κ2) is 5.10. The van der Waals surface area contributed by atoms with Crippen molar-refractivity contribution in [3.05, 3.63) is 11.4 Å². The van der Waals surface area contributed by atoms with Crippen molar-refractivity contribution in [1.29, 1.82) is 0 Å². The van der Waals surface area contributed by atoms with E-state index in [0.717, 1.165) is 31.1 Å². The molecule has 0 spiro atoms. The van der Waals surface area contributed by atoms with Gasteiger partial charge in [-0.15, -0.1) is 5.10 Å². The molecule has 1 aliphatic rings. The minimum atomic E-state index is 0.358. The first kappa shape index (κ1) is 12.4. The number of rotatable bonds is 6. The minimum Gasteiger partial charge on any atom is -0.388 e. The Balaban J connectivity index is 2.14. The van der Waals surface area contributed by atoms with E-state index in [9.17, 15) is 0 Å². The predicted molar refractivity (Wildman–Crippen MR) is 70.9 cm³/mol. The van der Waals surface area contributed by atoms with Crippen molar-refractivity contribution in [2.24, 2.45) is 11.7 Å². The molecule has 94 valence electrons.